The van der Waals surface area contributed by atoms with Crippen LogP contribution in [0.25, 0.3) is 0 Å². The maximum Gasteiger partial charge on any atom is 0.414 e. The molecule has 0 aliphatic heterocycles. The largest absolute Gasteiger partial charge is 0.473 e. The van der Waals surface area contributed by atoms with Gasteiger partial charge in [0, 0.05) is 6.42 Å². The minimum absolute atomic E-state index is 0.118. The summed E-state index contributed by atoms with van der Waals surface area (Å²) in [5, 5.41) is 14.8. The molecule has 6 heteroatoms. The van der Waals surface area contributed by atoms with Gasteiger partial charge in [-0.25, -0.2) is 14.0 Å². The lowest BCUT2D eigenvalue weighted by atomic mass is 9.72. The van der Waals surface area contributed by atoms with Crippen LogP contribution < -0.4 is 0 Å². The topological polar surface area (TPSA) is 91.7 Å². The van der Waals surface area contributed by atoms with Crippen molar-refractivity contribution in [3.8, 4) is 11.8 Å². The maximum atomic E-state index is 15.8. The van der Waals surface area contributed by atoms with Gasteiger partial charge in [0.25, 0.3) is 0 Å². The molecule has 146 valence electrons. The lowest BCUT2D eigenvalue weighted by molar-refractivity contribution is -0.159. The first-order valence-electron chi connectivity index (χ1n) is 9.04. The summed E-state index contributed by atoms with van der Waals surface area (Å²) >= 11 is 0. The van der Waals surface area contributed by atoms with Gasteiger partial charge in [-0.05, 0) is 43.1 Å². The van der Waals surface area contributed by atoms with Crippen LogP contribution in [0.5, 0.6) is 0 Å². The standard InChI is InChI=1S/C19H23FO.C2H2O4/c20-19(15-9-1-2-10-16-21,17-11-5-3-6-12-17)18-13-7-4-8-14-18;3-1(4)2(5)6/h3,5-6,11-12,16,18H,1,4,7-9,13-15H2;(H,3,4)(H,5,6). The van der Waals surface area contributed by atoms with Crippen LogP contribution in [0.4, 0.5) is 4.39 Å². The summed E-state index contributed by atoms with van der Waals surface area (Å²) in [5.74, 6) is 1.65. The van der Waals surface area contributed by atoms with Crippen LogP contribution in [0.3, 0.4) is 0 Å². The van der Waals surface area contributed by atoms with Crippen molar-refractivity contribution in [2.24, 2.45) is 5.92 Å². The Bertz CT molecular complexity index is 659. The summed E-state index contributed by atoms with van der Waals surface area (Å²) in [7, 11) is 0. The van der Waals surface area contributed by atoms with Crippen molar-refractivity contribution in [1.82, 2.24) is 0 Å². The highest BCUT2D eigenvalue weighted by Gasteiger charge is 2.40. The summed E-state index contributed by atoms with van der Waals surface area (Å²) in [6.45, 7) is 0. The number of aldehydes is 1. The third-order valence-electron chi connectivity index (χ3n) is 4.69. The molecule has 27 heavy (non-hydrogen) atoms. The Morgan fingerprint density at radius 1 is 1.11 bits per heavy atom. The highest BCUT2D eigenvalue weighted by molar-refractivity contribution is 6.27. The smallest absolute Gasteiger partial charge is 0.414 e. The zero-order chi connectivity index (χ0) is 20.1. The van der Waals surface area contributed by atoms with Gasteiger partial charge < -0.3 is 10.2 Å². The number of benzene rings is 1. The molecule has 2 N–H and O–H groups in total. The first-order chi connectivity index (χ1) is 12.9. The third kappa shape index (κ3) is 7.61. The van der Waals surface area contributed by atoms with Gasteiger partial charge in [-0.1, -0.05) is 55.5 Å². The number of hydrogen-bond donors (Lipinski definition) is 2. The Hall–Kier alpha value is -2.68. The second-order valence-electron chi connectivity index (χ2n) is 6.47. The Morgan fingerprint density at radius 2 is 1.70 bits per heavy atom. The molecule has 5 nitrogen and oxygen atoms in total. The van der Waals surface area contributed by atoms with Crippen molar-refractivity contribution in [2.45, 2.75) is 57.0 Å². The van der Waals surface area contributed by atoms with E-state index in [0.717, 1.165) is 31.2 Å². The predicted octanol–water partition coefficient (Wildman–Crippen LogP) is 3.96. The van der Waals surface area contributed by atoms with E-state index in [0.29, 0.717) is 25.5 Å². The summed E-state index contributed by atoms with van der Waals surface area (Å²) in [5.41, 5.74) is -0.440. The van der Waals surface area contributed by atoms with Gasteiger partial charge in [0.2, 0.25) is 0 Å². The first-order valence-corrected chi connectivity index (χ1v) is 9.04. The molecule has 1 aliphatic carbocycles. The van der Waals surface area contributed by atoms with Crippen LogP contribution in [0, 0.1) is 17.8 Å². The van der Waals surface area contributed by atoms with Crippen LogP contribution in [-0.2, 0) is 20.1 Å². The molecule has 1 unspecified atom stereocenters. The van der Waals surface area contributed by atoms with Crippen LogP contribution >= 0.6 is 0 Å². The SMILES string of the molecule is O=C(O)C(=O)O.O=CC#CCCCC(F)(c1ccccc1)C1CCCCC1. The van der Waals surface area contributed by atoms with Crippen LogP contribution in [0.15, 0.2) is 30.3 Å². The number of alkyl halides is 1. The molecular weight excluding hydrogens is 351 g/mol. The molecule has 1 aromatic rings. The number of halogens is 1. The number of aliphatic carboxylic acids is 2. The highest BCUT2D eigenvalue weighted by atomic mass is 19.1. The van der Waals surface area contributed by atoms with Gasteiger partial charge in [0.15, 0.2) is 6.29 Å². The fourth-order valence-electron chi connectivity index (χ4n) is 3.41. The monoisotopic (exact) mass is 376 g/mol. The zero-order valence-corrected chi connectivity index (χ0v) is 15.2. The third-order valence-corrected chi connectivity index (χ3v) is 4.69. The summed E-state index contributed by atoms with van der Waals surface area (Å²) < 4.78 is 15.8. The van der Waals surface area contributed by atoms with E-state index in [1.807, 2.05) is 30.3 Å². The molecular formula is C21H25FO5. The van der Waals surface area contributed by atoms with Crippen molar-refractivity contribution in [1.29, 1.82) is 0 Å². The second-order valence-corrected chi connectivity index (χ2v) is 6.47. The van der Waals surface area contributed by atoms with E-state index < -0.39 is 17.6 Å². The van der Waals surface area contributed by atoms with Gasteiger partial charge in [0.05, 0.1) is 0 Å². The molecule has 1 saturated carbocycles. The Morgan fingerprint density at radius 3 is 2.22 bits per heavy atom. The van der Waals surface area contributed by atoms with Crippen molar-refractivity contribution >= 4 is 18.2 Å². The average molecular weight is 376 g/mol. The molecule has 2 rings (SSSR count). The van der Waals surface area contributed by atoms with Gasteiger partial charge in [-0.15, -0.1) is 0 Å². The molecule has 0 radical (unpaired) electrons. The van der Waals surface area contributed by atoms with Gasteiger partial charge in [0.1, 0.15) is 5.67 Å². The lowest BCUT2D eigenvalue weighted by Crippen LogP contribution is -2.32. The van der Waals surface area contributed by atoms with Gasteiger partial charge in [-0.3, -0.25) is 4.79 Å². The number of unbranched alkanes of at least 4 members (excludes halogenated alkanes) is 1. The fourth-order valence-corrected chi connectivity index (χ4v) is 3.41. The molecule has 0 amide bonds. The van der Waals surface area contributed by atoms with Crippen LogP contribution in [0.2, 0.25) is 0 Å². The molecule has 1 fully saturated rings. The molecule has 0 heterocycles. The number of hydrogen-bond acceptors (Lipinski definition) is 3. The molecule has 0 saturated heterocycles. The zero-order valence-electron chi connectivity index (χ0n) is 15.2. The molecule has 1 aliphatic rings. The number of carbonyl (C=O) groups is 3. The number of carboxylic acids is 2. The normalized spacial score (nSPS) is 15.9. The fraction of sp³-hybridized carbons (Fsp3) is 0.476. The van der Waals surface area contributed by atoms with Crippen molar-refractivity contribution in [3.63, 3.8) is 0 Å². The molecule has 0 spiro atoms. The van der Waals surface area contributed by atoms with Crippen LogP contribution in [-0.4, -0.2) is 28.4 Å². The van der Waals surface area contributed by atoms with E-state index in [9.17, 15) is 4.79 Å². The van der Waals surface area contributed by atoms with E-state index in [1.165, 1.54) is 6.42 Å². The number of rotatable bonds is 5. The lowest BCUT2D eigenvalue weighted by Gasteiger charge is -2.37. The van der Waals surface area contributed by atoms with E-state index in [2.05, 4.69) is 11.8 Å². The molecule has 1 atom stereocenters. The Labute approximate surface area is 158 Å². The van der Waals surface area contributed by atoms with Crippen molar-refractivity contribution < 1.29 is 29.0 Å². The van der Waals surface area contributed by atoms with Crippen molar-refractivity contribution in [2.75, 3.05) is 0 Å². The van der Waals surface area contributed by atoms with Gasteiger partial charge in [-0.2, -0.15) is 0 Å². The van der Waals surface area contributed by atoms with Crippen LogP contribution in [0.1, 0.15) is 56.9 Å². The van der Waals surface area contributed by atoms with E-state index >= 15 is 4.39 Å². The van der Waals surface area contributed by atoms with Gasteiger partial charge >= 0.3 is 11.9 Å². The quantitative estimate of drug-likeness (QED) is 0.351. The molecule has 0 aromatic heterocycles. The van der Waals surface area contributed by atoms with E-state index in [-0.39, 0.29) is 5.92 Å². The van der Waals surface area contributed by atoms with Crippen molar-refractivity contribution in [3.05, 3.63) is 35.9 Å². The minimum atomic E-state index is -1.82. The molecule has 1 aromatic carbocycles. The van der Waals surface area contributed by atoms with E-state index in [1.54, 1.807) is 0 Å². The maximum absolute atomic E-state index is 15.8. The number of carboxylic acid groups (broad SMARTS) is 2. The summed E-state index contributed by atoms with van der Waals surface area (Å²) in [6, 6.07) is 9.58. The van der Waals surface area contributed by atoms with E-state index in [4.69, 9.17) is 19.8 Å². The Kier molecular flexibility index (Phi) is 9.81. The first kappa shape index (κ1) is 22.4. The second kappa shape index (κ2) is 11.8. The Balaban J connectivity index is 0.000000527. The highest BCUT2D eigenvalue weighted by Crippen LogP contribution is 2.45. The molecule has 0 bridgehead atoms. The minimum Gasteiger partial charge on any atom is -0.473 e. The average Bonchev–Trinajstić information content (AvgIpc) is 2.69. The predicted molar refractivity (Wildman–Crippen MR) is 98.8 cm³/mol. The summed E-state index contributed by atoms with van der Waals surface area (Å²) in [6.07, 6.45) is 7.83. The summed E-state index contributed by atoms with van der Waals surface area (Å²) in [4.78, 5) is 28.4. The number of carbonyl (C=O) groups excluding carboxylic acids is 1.